The van der Waals surface area contributed by atoms with E-state index < -0.39 is 29.3 Å². The molecule has 7 nitrogen and oxygen atoms in total. The fourth-order valence-corrected chi connectivity index (χ4v) is 4.11. The normalized spacial score (nSPS) is 13.8. The predicted molar refractivity (Wildman–Crippen MR) is 125 cm³/mol. The molecule has 0 fully saturated rings. The van der Waals surface area contributed by atoms with Crippen LogP contribution in [0.5, 0.6) is 5.75 Å². The maximum Gasteiger partial charge on any atom is 0.334 e. The molecule has 0 bridgehead atoms. The Labute approximate surface area is 198 Å². The summed E-state index contributed by atoms with van der Waals surface area (Å²) in [5, 5.41) is 0.487. The number of amides is 2. The molecule has 0 unspecified atom stereocenters. The third-order valence-corrected chi connectivity index (χ3v) is 5.96. The fourth-order valence-electron chi connectivity index (χ4n) is 3.89. The number of esters is 1. The van der Waals surface area contributed by atoms with Gasteiger partial charge in [-0.15, -0.1) is 0 Å². The van der Waals surface area contributed by atoms with Gasteiger partial charge in [0.2, 0.25) is 11.2 Å². The van der Waals surface area contributed by atoms with Gasteiger partial charge in [-0.25, -0.2) is 4.79 Å². The van der Waals surface area contributed by atoms with E-state index in [9.17, 15) is 19.2 Å². The third-order valence-electron chi connectivity index (χ3n) is 5.63. The van der Waals surface area contributed by atoms with Crippen LogP contribution in [-0.2, 0) is 4.79 Å². The number of ether oxygens (including phenoxy) is 1. The number of halogens is 1. The summed E-state index contributed by atoms with van der Waals surface area (Å²) >= 11 is 6.33. The predicted octanol–water partition coefficient (Wildman–Crippen LogP) is 4.70. The van der Waals surface area contributed by atoms with Crippen molar-refractivity contribution in [1.82, 2.24) is 4.90 Å². The summed E-state index contributed by atoms with van der Waals surface area (Å²) in [4.78, 5) is 52.8. The summed E-state index contributed by atoms with van der Waals surface area (Å²) in [5.74, 6) is -2.59. The first-order valence-electron chi connectivity index (χ1n) is 10.4. The maximum atomic E-state index is 13.3. The number of carbonyl (C=O) groups excluding carboxylic acids is 3. The maximum absolute atomic E-state index is 13.3. The molecule has 3 aromatic carbocycles. The van der Waals surface area contributed by atoms with E-state index in [4.69, 9.17) is 20.8 Å². The molecule has 0 radical (unpaired) electrons. The van der Waals surface area contributed by atoms with Gasteiger partial charge in [-0.05, 0) is 43.3 Å². The number of imide groups is 1. The SMILES string of the molecule is C[C@H](C(=O)Oc1c(-c2ccccc2Cl)oc2ccccc2c1=O)N1C(=O)c2ccccc2C1=O. The van der Waals surface area contributed by atoms with Crippen molar-refractivity contribution in [2.45, 2.75) is 13.0 Å². The quantitative estimate of drug-likeness (QED) is 0.315. The van der Waals surface area contributed by atoms with Crippen LogP contribution in [0.2, 0.25) is 5.02 Å². The van der Waals surface area contributed by atoms with Crippen molar-refractivity contribution in [3.8, 4) is 17.1 Å². The Morgan fingerprint density at radius 2 is 1.41 bits per heavy atom. The van der Waals surface area contributed by atoms with Gasteiger partial charge in [0.05, 0.1) is 21.5 Å². The lowest BCUT2D eigenvalue weighted by Gasteiger charge is -2.21. The minimum absolute atomic E-state index is 0.0304. The number of nitrogens with zero attached hydrogens (tertiary/aromatic N) is 1. The number of carbonyl (C=O) groups is 3. The molecule has 0 spiro atoms. The van der Waals surface area contributed by atoms with E-state index in [1.54, 1.807) is 60.7 Å². The number of hydrogen-bond donors (Lipinski definition) is 0. The van der Waals surface area contributed by atoms with Crippen LogP contribution in [0.4, 0.5) is 0 Å². The Bertz CT molecular complexity index is 1520. The highest BCUT2D eigenvalue weighted by molar-refractivity contribution is 6.33. The summed E-state index contributed by atoms with van der Waals surface area (Å²) in [7, 11) is 0. The number of benzene rings is 3. The van der Waals surface area contributed by atoms with Crippen molar-refractivity contribution >= 4 is 40.4 Å². The van der Waals surface area contributed by atoms with Gasteiger partial charge >= 0.3 is 5.97 Å². The highest BCUT2D eigenvalue weighted by atomic mass is 35.5. The third kappa shape index (κ3) is 3.38. The average Bonchev–Trinajstić information content (AvgIpc) is 3.10. The molecule has 1 aliphatic heterocycles. The monoisotopic (exact) mass is 473 g/mol. The van der Waals surface area contributed by atoms with Crippen LogP contribution in [0.15, 0.2) is 82.0 Å². The lowest BCUT2D eigenvalue weighted by molar-refractivity contribution is -0.138. The van der Waals surface area contributed by atoms with Gasteiger partial charge in [-0.3, -0.25) is 19.3 Å². The van der Waals surface area contributed by atoms with Crippen LogP contribution in [0.25, 0.3) is 22.3 Å². The van der Waals surface area contributed by atoms with Gasteiger partial charge < -0.3 is 9.15 Å². The van der Waals surface area contributed by atoms with Crippen LogP contribution in [0.1, 0.15) is 27.6 Å². The summed E-state index contributed by atoms with van der Waals surface area (Å²) in [6.07, 6.45) is 0. The molecule has 2 amide bonds. The zero-order chi connectivity index (χ0) is 24.0. The number of rotatable bonds is 4. The van der Waals surface area contributed by atoms with E-state index in [0.717, 1.165) is 4.90 Å². The van der Waals surface area contributed by atoms with Crippen molar-refractivity contribution in [3.63, 3.8) is 0 Å². The largest absolute Gasteiger partial charge is 0.452 e. The second kappa shape index (κ2) is 8.28. The highest BCUT2D eigenvalue weighted by Crippen LogP contribution is 2.35. The van der Waals surface area contributed by atoms with E-state index in [0.29, 0.717) is 5.56 Å². The molecule has 4 aromatic rings. The Morgan fingerprint density at radius 3 is 2.06 bits per heavy atom. The summed E-state index contributed by atoms with van der Waals surface area (Å²) < 4.78 is 11.4. The van der Waals surface area contributed by atoms with Crippen LogP contribution in [-0.4, -0.2) is 28.7 Å². The first-order valence-corrected chi connectivity index (χ1v) is 10.8. The lowest BCUT2D eigenvalue weighted by Crippen LogP contribution is -2.45. The van der Waals surface area contributed by atoms with Gasteiger partial charge in [0.15, 0.2) is 5.76 Å². The molecule has 168 valence electrons. The van der Waals surface area contributed by atoms with E-state index in [1.807, 2.05) is 0 Å². The van der Waals surface area contributed by atoms with E-state index >= 15 is 0 Å². The van der Waals surface area contributed by atoms with E-state index in [-0.39, 0.29) is 38.6 Å². The highest BCUT2D eigenvalue weighted by Gasteiger charge is 2.41. The minimum atomic E-state index is -1.29. The van der Waals surface area contributed by atoms with E-state index in [2.05, 4.69) is 0 Å². The zero-order valence-corrected chi connectivity index (χ0v) is 18.5. The molecular formula is C26H16ClNO6. The molecule has 5 rings (SSSR count). The minimum Gasteiger partial charge on any atom is -0.452 e. The topological polar surface area (TPSA) is 93.9 Å². The van der Waals surface area contributed by atoms with Gasteiger partial charge in [0.1, 0.15) is 11.6 Å². The number of fused-ring (bicyclic) bond motifs is 2. The molecule has 0 saturated carbocycles. The fraction of sp³-hybridized carbons (Fsp3) is 0.0769. The first-order chi connectivity index (χ1) is 16.4. The standard InChI is InChI=1S/C26H16ClNO6/c1-14(28-24(30)15-8-2-3-9-16(15)25(28)31)26(32)34-23-21(29)18-11-5-7-13-20(18)33-22(23)17-10-4-6-12-19(17)27/h2-14H,1H3/t14-/m1/s1. The smallest absolute Gasteiger partial charge is 0.334 e. The van der Waals surface area contributed by atoms with E-state index in [1.165, 1.54) is 19.1 Å². The van der Waals surface area contributed by atoms with Gasteiger partial charge in [0, 0.05) is 5.56 Å². The Kier molecular flexibility index (Phi) is 5.26. The van der Waals surface area contributed by atoms with Crippen LogP contribution < -0.4 is 10.2 Å². The van der Waals surface area contributed by atoms with Crippen molar-refractivity contribution in [2.24, 2.45) is 0 Å². The summed E-state index contributed by atoms with van der Waals surface area (Å²) in [6, 6.07) is 18.2. The molecule has 1 atom stereocenters. The Hall–Kier alpha value is -4.23. The van der Waals surface area contributed by atoms with Crippen LogP contribution in [0, 0.1) is 0 Å². The Balaban J connectivity index is 1.57. The molecule has 34 heavy (non-hydrogen) atoms. The molecule has 2 heterocycles. The van der Waals surface area contributed by atoms with Crippen LogP contribution in [0.3, 0.4) is 0 Å². The lowest BCUT2D eigenvalue weighted by atomic mass is 10.1. The van der Waals surface area contributed by atoms with Gasteiger partial charge in [-0.2, -0.15) is 0 Å². The number of para-hydroxylation sites is 1. The molecule has 8 heteroatoms. The second-order valence-corrected chi connectivity index (χ2v) is 8.10. The van der Waals surface area contributed by atoms with Crippen molar-refractivity contribution in [1.29, 1.82) is 0 Å². The van der Waals surface area contributed by atoms with Crippen molar-refractivity contribution in [3.05, 3.63) is 99.2 Å². The zero-order valence-electron chi connectivity index (χ0n) is 17.8. The summed E-state index contributed by atoms with van der Waals surface area (Å²) in [5.41, 5.74) is 0.460. The van der Waals surface area contributed by atoms with Gasteiger partial charge in [-0.1, -0.05) is 48.0 Å². The molecule has 0 N–H and O–H groups in total. The molecule has 1 aliphatic rings. The molecule has 0 saturated heterocycles. The first kappa shape index (κ1) is 21.6. The van der Waals surface area contributed by atoms with Gasteiger partial charge in [0.25, 0.3) is 11.8 Å². The second-order valence-electron chi connectivity index (χ2n) is 7.69. The summed E-state index contributed by atoms with van der Waals surface area (Å²) in [6.45, 7) is 1.36. The van der Waals surface area contributed by atoms with Crippen molar-refractivity contribution in [2.75, 3.05) is 0 Å². The Morgan fingerprint density at radius 1 is 0.853 bits per heavy atom. The average molecular weight is 474 g/mol. The number of hydrogen-bond acceptors (Lipinski definition) is 6. The van der Waals surface area contributed by atoms with Crippen molar-refractivity contribution < 1.29 is 23.5 Å². The van der Waals surface area contributed by atoms with Crippen LogP contribution >= 0.6 is 11.6 Å². The molecule has 1 aromatic heterocycles. The molecular weight excluding hydrogens is 458 g/mol. The molecule has 0 aliphatic carbocycles.